The Morgan fingerprint density at radius 3 is 2.27 bits per heavy atom. The summed E-state index contributed by atoms with van der Waals surface area (Å²) in [6, 6.07) is 0. The summed E-state index contributed by atoms with van der Waals surface area (Å²) in [5.41, 5.74) is 1.24. The van der Waals surface area contributed by atoms with Crippen LogP contribution in [0.4, 0.5) is 0 Å². The van der Waals surface area contributed by atoms with Crippen LogP contribution in [0.25, 0.3) is 0 Å². The number of hydrogen-bond donors (Lipinski definition) is 0. The molecule has 0 spiro atoms. The van der Waals surface area contributed by atoms with Gasteiger partial charge in [0, 0.05) is 12.1 Å². The highest BCUT2D eigenvalue weighted by atomic mass is 15.2. The largest absolute Gasteiger partial charge is 0.163 e. The highest BCUT2D eigenvalue weighted by Gasteiger charge is 2.23. The van der Waals surface area contributed by atoms with Gasteiger partial charge in [0.15, 0.2) is 0 Å². The van der Waals surface area contributed by atoms with E-state index in [1.54, 1.807) is 0 Å². The van der Waals surface area contributed by atoms with Gasteiger partial charge in [-0.2, -0.15) is 10.2 Å². The molecule has 0 fully saturated rings. The molecule has 0 saturated carbocycles. The van der Waals surface area contributed by atoms with E-state index in [-0.39, 0.29) is 0 Å². The molecule has 1 aliphatic rings. The molecule has 1 unspecified atom stereocenters. The van der Waals surface area contributed by atoms with E-state index in [0.29, 0.717) is 17.8 Å². The molecule has 62 valence electrons. The Bertz CT molecular complexity index is 190. The van der Waals surface area contributed by atoms with E-state index in [2.05, 4.69) is 37.9 Å². The van der Waals surface area contributed by atoms with Gasteiger partial charge in [0.05, 0.1) is 5.71 Å². The predicted molar refractivity (Wildman–Crippen MR) is 49.1 cm³/mol. The van der Waals surface area contributed by atoms with Gasteiger partial charge < -0.3 is 0 Å². The van der Waals surface area contributed by atoms with Gasteiger partial charge in [-0.25, -0.2) is 0 Å². The van der Waals surface area contributed by atoms with Crippen LogP contribution in [-0.4, -0.2) is 11.9 Å². The van der Waals surface area contributed by atoms with E-state index in [1.165, 1.54) is 5.71 Å². The van der Waals surface area contributed by atoms with Gasteiger partial charge >= 0.3 is 0 Å². The van der Waals surface area contributed by atoms with E-state index >= 15 is 0 Å². The van der Waals surface area contributed by atoms with Crippen LogP contribution in [0.5, 0.6) is 0 Å². The molecule has 0 aromatic carbocycles. The van der Waals surface area contributed by atoms with Gasteiger partial charge in [-0.1, -0.05) is 27.7 Å². The van der Waals surface area contributed by atoms with Crippen molar-refractivity contribution in [2.75, 3.05) is 0 Å². The Morgan fingerprint density at radius 1 is 1.27 bits per heavy atom. The van der Waals surface area contributed by atoms with Crippen LogP contribution in [0, 0.1) is 17.8 Å². The second kappa shape index (κ2) is 3.16. The van der Waals surface area contributed by atoms with Gasteiger partial charge in [-0.3, -0.25) is 0 Å². The minimum absolute atomic E-state index is 0.481. The molecule has 0 aliphatic carbocycles. The number of rotatable bonds is 2. The zero-order valence-corrected chi connectivity index (χ0v) is 7.70. The van der Waals surface area contributed by atoms with Crippen molar-refractivity contribution in [3.8, 4) is 0 Å². The fourth-order valence-corrected chi connectivity index (χ4v) is 1.33. The second-order valence-corrected chi connectivity index (χ2v) is 3.71. The Labute approximate surface area is 68.4 Å². The zero-order valence-electron chi connectivity index (χ0n) is 7.70. The Hall–Kier alpha value is -0.660. The van der Waals surface area contributed by atoms with Crippen molar-refractivity contribution in [3.63, 3.8) is 0 Å². The number of nitrogens with zero attached hydrogens (tertiary/aromatic N) is 2. The minimum Gasteiger partial charge on any atom is -0.163 e. The van der Waals surface area contributed by atoms with Gasteiger partial charge in [0.25, 0.3) is 0 Å². The SMILES string of the molecule is CC(C)C1=NN=CC1C(C)C. The molecule has 0 radical (unpaired) electrons. The van der Waals surface area contributed by atoms with Crippen molar-refractivity contribution >= 4 is 11.9 Å². The summed E-state index contributed by atoms with van der Waals surface area (Å²) in [5, 5.41) is 8.08. The molecule has 2 heteroatoms. The summed E-state index contributed by atoms with van der Waals surface area (Å²) in [7, 11) is 0. The summed E-state index contributed by atoms with van der Waals surface area (Å²) < 4.78 is 0. The lowest BCUT2D eigenvalue weighted by Crippen LogP contribution is -2.22. The van der Waals surface area contributed by atoms with Crippen molar-refractivity contribution in [1.82, 2.24) is 0 Å². The first-order valence-electron chi connectivity index (χ1n) is 4.24. The van der Waals surface area contributed by atoms with Crippen LogP contribution in [0.3, 0.4) is 0 Å². The lowest BCUT2D eigenvalue weighted by molar-refractivity contribution is 0.595. The highest BCUT2D eigenvalue weighted by molar-refractivity contribution is 6.02. The second-order valence-electron chi connectivity index (χ2n) is 3.71. The lowest BCUT2D eigenvalue weighted by atomic mass is 9.87. The average molecular weight is 152 g/mol. The van der Waals surface area contributed by atoms with Crippen molar-refractivity contribution in [1.29, 1.82) is 0 Å². The molecule has 0 bridgehead atoms. The Kier molecular flexibility index (Phi) is 2.42. The maximum absolute atomic E-state index is 4.12. The topological polar surface area (TPSA) is 24.7 Å². The zero-order chi connectivity index (χ0) is 8.43. The Balaban J connectivity index is 2.69. The first kappa shape index (κ1) is 8.44. The quantitative estimate of drug-likeness (QED) is 0.580. The van der Waals surface area contributed by atoms with E-state index in [4.69, 9.17) is 0 Å². The summed E-state index contributed by atoms with van der Waals surface area (Å²) in [6.07, 6.45) is 1.96. The average Bonchev–Trinajstić information content (AvgIpc) is 2.32. The van der Waals surface area contributed by atoms with Gasteiger partial charge in [0.1, 0.15) is 0 Å². The molecular formula is C9H16N2. The van der Waals surface area contributed by atoms with E-state index in [0.717, 1.165) is 0 Å². The van der Waals surface area contributed by atoms with Crippen molar-refractivity contribution in [2.45, 2.75) is 27.7 Å². The van der Waals surface area contributed by atoms with Crippen LogP contribution >= 0.6 is 0 Å². The van der Waals surface area contributed by atoms with Crippen LogP contribution < -0.4 is 0 Å². The van der Waals surface area contributed by atoms with E-state index in [1.807, 2.05) is 6.21 Å². The van der Waals surface area contributed by atoms with Crippen molar-refractivity contribution in [3.05, 3.63) is 0 Å². The summed E-state index contributed by atoms with van der Waals surface area (Å²) in [6.45, 7) is 8.76. The summed E-state index contributed by atoms with van der Waals surface area (Å²) >= 11 is 0. The smallest absolute Gasteiger partial charge is 0.0518 e. The van der Waals surface area contributed by atoms with Crippen molar-refractivity contribution in [2.24, 2.45) is 28.0 Å². The predicted octanol–water partition coefficient (Wildman–Crippen LogP) is 2.36. The molecule has 1 aliphatic heterocycles. The normalized spacial score (nSPS) is 23.5. The van der Waals surface area contributed by atoms with Crippen LogP contribution in [0.15, 0.2) is 10.2 Å². The molecule has 1 atom stereocenters. The molecule has 0 aromatic heterocycles. The highest BCUT2D eigenvalue weighted by Crippen LogP contribution is 2.20. The maximum atomic E-state index is 4.12. The third-order valence-electron chi connectivity index (χ3n) is 2.05. The molecule has 0 aromatic rings. The van der Waals surface area contributed by atoms with Crippen molar-refractivity contribution < 1.29 is 0 Å². The first-order chi connectivity index (χ1) is 5.13. The Morgan fingerprint density at radius 2 is 1.91 bits per heavy atom. The monoisotopic (exact) mass is 152 g/mol. The summed E-state index contributed by atoms with van der Waals surface area (Å²) in [4.78, 5) is 0. The minimum atomic E-state index is 0.481. The molecule has 1 heterocycles. The third kappa shape index (κ3) is 1.67. The molecule has 11 heavy (non-hydrogen) atoms. The fourth-order valence-electron chi connectivity index (χ4n) is 1.33. The van der Waals surface area contributed by atoms with Gasteiger partial charge in [-0.15, -0.1) is 0 Å². The first-order valence-corrected chi connectivity index (χ1v) is 4.24. The maximum Gasteiger partial charge on any atom is 0.0518 e. The van der Waals surface area contributed by atoms with Crippen LogP contribution in [-0.2, 0) is 0 Å². The van der Waals surface area contributed by atoms with Crippen LogP contribution in [0.1, 0.15) is 27.7 Å². The van der Waals surface area contributed by atoms with E-state index in [9.17, 15) is 0 Å². The molecular weight excluding hydrogens is 136 g/mol. The lowest BCUT2D eigenvalue weighted by Gasteiger charge is -2.16. The molecule has 2 nitrogen and oxygen atoms in total. The van der Waals surface area contributed by atoms with Crippen LogP contribution in [0.2, 0.25) is 0 Å². The van der Waals surface area contributed by atoms with E-state index < -0.39 is 0 Å². The standard InChI is InChI=1S/C9H16N2/c1-6(2)8-5-10-11-9(8)7(3)4/h5-8H,1-4H3. The molecule has 0 saturated heterocycles. The third-order valence-corrected chi connectivity index (χ3v) is 2.05. The summed E-state index contributed by atoms with van der Waals surface area (Å²) in [5.74, 6) is 1.64. The van der Waals surface area contributed by atoms with Gasteiger partial charge in [-0.05, 0) is 11.8 Å². The number of hydrogen-bond acceptors (Lipinski definition) is 2. The molecule has 0 N–H and O–H groups in total. The molecule has 0 amide bonds. The molecule has 1 rings (SSSR count). The van der Waals surface area contributed by atoms with Gasteiger partial charge in [0.2, 0.25) is 0 Å². The fraction of sp³-hybridized carbons (Fsp3) is 0.778.